The molecule has 0 unspecified atom stereocenters. The molecule has 2 aromatic heterocycles. The maximum absolute atomic E-state index is 12.7. The Labute approximate surface area is 147 Å². The summed E-state index contributed by atoms with van der Waals surface area (Å²) in [7, 11) is 1.69. The number of amides is 1. The molecule has 7 nitrogen and oxygen atoms in total. The highest BCUT2D eigenvalue weighted by atomic mass is 19.4. The molecule has 0 radical (unpaired) electrons. The Hall–Kier alpha value is -2.65. The predicted octanol–water partition coefficient (Wildman–Crippen LogP) is 2.16. The van der Waals surface area contributed by atoms with Crippen LogP contribution < -0.4 is 4.74 Å². The number of ether oxygens (including phenoxy) is 1. The number of hydrogen-bond donors (Lipinski definition) is 0. The van der Waals surface area contributed by atoms with Crippen LogP contribution in [0.5, 0.6) is 5.88 Å². The first-order valence-electron chi connectivity index (χ1n) is 8.15. The molecule has 1 aliphatic rings. The molecule has 0 spiro atoms. The Morgan fingerprint density at radius 2 is 2.04 bits per heavy atom. The van der Waals surface area contributed by atoms with E-state index in [1.54, 1.807) is 18.1 Å². The molecule has 2 aromatic rings. The van der Waals surface area contributed by atoms with Gasteiger partial charge in [-0.3, -0.25) is 9.48 Å². The summed E-state index contributed by atoms with van der Waals surface area (Å²) < 4.78 is 44.9. The summed E-state index contributed by atoms with van der Waals surface area (Å²) in [5.74, 6) is -0.0628. The van der Waals surface area contributed by atoms with Gasteiger partial charge in [-0.1, -0.05) is 11.3 Å². The van der Waals surface area contributed by atoms with Gasteiger partial charge in [0.25, 0.3) is 5.91 Å². The molecule has 0 N–H and O–H groups in total. The standard InChI is InChI=1S/C16H18F3N5O2/c1-23-9-12(21-22-23)15(25)24-7-5-11(6-8-24)10-26-14-4-2-3-13(20-14)16(17,18)19/h2-4,9,11H,5-8,10H2,1H3. The minimum atomic E-state index is -4.49. The molecule has 10 heteroatoms. The number of rotatable bonds is 4. The fraction of sp³-hybridized carbons (Fsp3) is 0.500. The lowest BCUT2D eigenvalue weighted by Gasteiger charge is -2.31. The molecule has 0 aromatic carbocycles. The van der Waals surface area contributed by atoms with Gasteiger partial charge in [-0.05, 0) is 24.8 Å². The van der Waals surface area contributed by atoms with Crippen LogP contribution in [0.25, 0.3) is 0 Å². The number of pyridine rings is 1. The van der Waals surface area contributed by atoms with Gasteiger partial charge in [-0.2, -0.15) is 13.2 Å². The average molecular weight is 369 g/mol. The predicted molar refractivity (Wildman–Crippen MR) is 84.4 cm³/mol. The second-order valence-electron chi connectivity index (χ2n) is 6.18. The minimum Gasteiger partial charge on any atom is -0.477 e. The molecular formula is C16H18F3N5O2. The summed E-state index contributed by atoms with van der Waals surface area (Å²) in [5, 5.41) is 7.56. The fourth-order valence-electron chi connectivity index (χ4n) is 2.77. The first kappa shape index (κ1) is 18.2. The van der Waals surface area contributed by atoms with E-state index in [4.69, 9.17) is 4.74 Å². The zero-order chi connectivity index (χ0) is 18.7. The van der Waals surface area contributed by atoms with E-state index in [-0.39, 0.29) is 24.3 Å². The third-order valence-electron chi connectivity index (χ3n) is 4.20. The lowest BCUT2D eigenvalue weighted by molar-refractivity contribution is -0.141. The number of carbonyl (C=O) groups is 1. The van der Waals surface area contributed by atoms with Gasteiger partial charge in [0.1, 0.15) is 5.69 Å². The van der Waals surface area contributed by atoms with E-state index in [9.17, 15) is 18.0 Å². The van der Waals surface area contributed by atoms with Gasteiger partial charge in [-0.15, -0.1) is 5.10 Å². The van der Waals surface area contributed by atoms with Crippen molar-refractivity contribution in [3.63, 3.8) is 0 Å². The monoisotopic (exact) mass is 369 g/mol. The molecule has 1 amide bonds. The van der Waals surface area contributed by atoms with Crippen molar-refractivity contribution in [3.8, 4) is 5.88 Å². The van der Waals surface area contributed by atoms with Crippen LogP contribution in [-0.2, 0) is 13.2 Å². The largest absolute Gasteiger partial charge is 0.477 e. The SMILES string of the molecule is Cn1cc(C(=O)N2CCC(COc3cccc(C(F)(F)F)n3)CC2)nn1. The number of likely N-dealkylation sites (tertiary alicyclic amines) is 1. The van der Waals surface area contributed by atoms with Crippen molar-refractivity contribution >= 4 is 5.91 Å². The van der Waals surface area contributed by atoms with Gasteiger partial charge in [0.15, 0.2) is 5.69 Å². The van der Waals surface area contributed by atoms with E-state index in [2.05, 4.69) is 15.3 Å². The van der Waals surface area contributed by atoms with Crippen LogP contribution in [-0.4, -0.2) is 50.5 Å². The van der Waals surface area contributed by atoms with E-state index in [0.29, 0.717) is 31.6 Å². The zero-order valence-electron chi connectivity index (χ0n) is 14.1. The first-order valence-corrected chi connectivity index (χ1v) is 8.15. The van der Waals surface area contributed by atoms with Gasteiger partial charge in [0, 0.05) is 26.2 Å². The van der Waals surface area contributed by atoms with Gasteiger partial charge >= 0.3 is 6.18 Å². The Kier molecular flexibility index (Phi) is 5.10. The number of hydrogen-bond acceptors (Lipinski definition) is 5. The van der Waals surface area contributed by atoms with Crippen LogP contribution in [0, 0.1) is 5.92 Å². The van der Waals surface area contributed by atoms with Gasteiger partial charge in [0.05, 0.1) is 12.8 Å². The smallest absolute Gasteiger partial charge is 0.433 e. The maximum atomic E-state index is 12.7. The molecule has 140 valence electrons. The quantitative estimate of drug-likeness (QED) is 0.826. The molecule has 0 atom stereocenters. The summed E-state index contributed by atoms with van der Waals surface area (Å²) in [6.07, 6.45) is -1.53. The number of nitrogens with zero attached hydrogens (tertiary/aromatic N) is 5. The minimum absolute atomic E-state index is 0.0436. The molecule has 3 rings (SSSR count). The molecule has 0 saturated carbocycles. The van der Waals surface area contributed by atoms with Crippen molar-refractivity contribution in [1.29, 1.82) is 0 Å². The molecule has 0 bridgehead atoms. The molecule has 1 aliphatic heterocycles. The average Bonchev–Trinajstić information content (AvgIpc) is 3.06. The summed E-state index contributed by atoms with van der Waals surface area (Å²) in [6, 6.07) is 3.58. The number of aromatic nitrogens is 4. The van der Waals surface area contributed by atoms with Crippen LogP contribution in [0.3, 0.4) is 0 Å². The molecule has 26 heavy (non-hydrogen) atoms. The zero-order valence-corrected chi connectivity index (χ0v) is 14.1. The molecule has 0 aliphatic carbocycles. The lowest BCUT2D eigenvalue weighted by Crippen LogP contribution is -2.39. The topological polar surface area (TPSA) is 73.1 Å². The number of piperidine rings is 1. The number of halogens is 3. The normalized spacial score (nSPS) is 15.9. The fourth-order valence-corrected chi connectivity index (χ4v) is 2.77. The van der Waals surface area contributed by atoms with Crippen molar-refractivity contribution in [2.75, 3.05) is 19.7 Å². The van der Waals surface area contributed by atoms with Crippen LogP contribution in [0.4, 0.5) is 13.2 Å². The van der Waals surface area contributed by atoms with E-state index in [1.165, 1.54) is 16.8 Å². The van der Waals surface area contributed by atoms with Crippen LogP contribution in [0.15, 0.2) is 24.4 Å². The Balaban J connectivity index is 1.49. The second-order valence-corrected chi connectivity index (χ2v) is 6.18. The lowest BCUT2D eigenvalue weighted by atomic mass is 9.97. The summed E-state index contributed by atoms with van der Waals surface area (Å²) >= 11 is 0. The molecule has 3 heterocycles. The maximum Gasteiger partial charge on any atom is 0.433 e. The number of aryl methyl sites for hydroxylation is 1. The summed E-state index contributed by atoms with van der Waals surface area (Å²) in [4.78, 5) is 17.5. The van der Waals surface area contributed by atoms with Gasteiger partial charge < -0.3 is 9.64 Å². The van der Waals surface area contributed by atoms with Crippen molar-refractivity contribution in [2.45, 2.75) is 19.0 Å². The molecule has 1 fully saturated rings. The van der Waals surface area contributed by atoms with E-state index < -0.39 is 11.9 Å². The van der Waals surface area contributed by atoms with Crippen molar-refractivity contribution in [2.24, 2.45) is 13.0 Å². The summed E-state index contributed by atoms with van der Waals surface area (Å²) in [5.41, 5.74) is -0.672. The molecule has 1 saturated heterocycles. The highest BCUT2D eigenvalue weighted by Crippen LogP contribution is 2.29. The molecular weight excluding hydrogens is 351 g/mol. The van der Waals surface area contributed by atoms with Gasteiger partial charge in [-0.25, -0.2) is 4.98 Å². The van der Waals surface area contributed by atoms with E-state index in [0.717, 1.165) is 6.07 Å². The highest BCUT2D eigenvalue weighted by Gasteiger charge is 2.32. The van der Waals surface area contributed by atoms with Crippen LogP contribution >= 0.6 is 0 Å². The first-order chi connectivity index (χ1) is 12.3. The third kappa shape index (κ3) is 4.30. The highest BCUT2D eigenvalue weighted by molar-refractivity contribution is 5.91. The Bertz CT molecular complexity index is 769. The van der Waals surface area contributed by atoms with Crippen molar-refractivity contribution in [1.82, 2.24) is 24.9 Å². The second kappa shape index (κ2) is 7.30. The third-order valence-corrected chi connectivity index (χ3v) is 4.20. The Morgan fingerprint density at radius 3 is 2.65 bits per heavy atom. The van der Waals surface area contributed by atoms with Gasteiger partial charge in [0.2, 0.25) is 5.88 Å². The number of carbonyl (C=O) groups excluding carboxylic acids is 1. The van der Waals surface area contributed by atoms with Crippen LogP contribution in [0.1, 0.15) is 29.0 Å². The van der Waals surface area contributed by atoms with Crippen LogP contribution in [0.2, 0.25) is 0 Å². The van der Waals surface area contributed by atoms with E-state index in [1.807, 2.05) is 0 Å². The van der Waals surface area contributed by atoms with E-state index >= 15 is 0 Å². The number of alkyl halides is 3. The Morgan fingerprint density at radius 1 is 1.31 bits per heavy atom. The van der Waals surface area contributed by atoms with Crippen molar-refractivity contribution < 1.29 is 22.7 Å². The van der Waals surface area contributed by atoms with Crippen molar-refractivity contribution in [3.05, 3.63) is 35.8 Å². The summed E-state index contributed by atoms with van der Waals surface area (Å²) in [6.45, 7) is 1.35.